The first-order valence-electron chi connectivity index (χ1n) is 15.9. The Morgan fingerprint density at radius 3 is 0.967 bits per heavy atom. The molecular formula is C37H12BClF20N2. The SMILES string of the molecule is C=C(Cl)c1c[n+](Cc2ccccc2)ccn1.Fc1c(F)c(F)c([B-](c2c(F)c(F)c(F)c(F)c2F)(c2c(F)c(F)c(F)c(F)c2F)c2c(F)c(F)c(F)c(F)c2F)c(F)c1F. The van der Waals surface area contributed by atoms with Crippen molar-refractivity contribution in [2.24, 2.45) is 0 Å². The largest absolute Gasteiger partial charge is 0.243 e. The van der Waals surface area contributed by atoms with Crippen LogP contribution in [0.4, 0.5) is 87.8 Å². The number of halogens is 21. The van der Waals surface area contributed by atoms with Crippen molar-refractivity contribution in [2.45, 2.75) is 6.54 Å². The van der Waals surface area contributed by atoms with Crippen LogP contribution in [0.25, 0.3) is 5.03 Å². The van der Waals surface area contributed by atoms with E-state index >= 15 is 35.1 Å². The van der Waals surface area contributed by atoms with Gasteiger partial charge in [0, 0.05) is 5.56 Å². The average Bonchev–Trinajstić information content (AvgIpc) is 3.24. The van der Waals surface area contributed by atoms with E-state index in [0.717, 1.165) is 6.54 Å². The van der Waals surface area contributed by atoms with Gasteiger partial charge in [0.2, 0.25) is 0 Å². The summed E-state index contributed by atoms with van der Waals surface area (Å²) in [5.74, 6) is -71.4. The molecule has 1 heterocycles. The summed E-state index contributed by atoms with van der Waals surface area (Å²) < 4.78 is 296. The van der Waals surface area contributed by atoms with E-state index in [0.29, 0.717) is 10.7 Å². The van der Waals surface area contributed by atoms with Crippen molar-refractivity contribution >= 4 is 44.6 Å². The maximum atomic E-state index is 15.4. The molecule has 0 aliphatic carbocycles. The van der Waals surface area contributed by atoms with Crippen LogP contribution in [0.5, 0.6) is 0 Å². The van der Waals surface area contributed by atoms with E-state index in [4.69, 9.17) is 11.6 Å². The summed E-state index contributed by atoms with van der Waals surface area (Å²) >= 11 is 5.81. The molecule has 6 aromatic rings. The number of hydrogen-bond acceptors (Lipinski definition) is 1. The molecule has 0 amide bonds. The minimum atomic E-state index is -7.22. The van der Waals surface area contributed by atoms with Gasteiger partial charge in [-0.25, -0.2) is 92.8 Å². The predicted molar refractivity (Wildman–Crippen MR) is 174 cm³/mol. The molecule has 320 valence electrons. The fourth-order valence-electron chi connectivity index (χ4n) is 6.34. The van der Waals surface area contributed by atoms with Gasteiger partial charge >= 0.3 is 0 Å². The molecule has 1 aromatic heterocycles. The maximum absolute atomic E-state index is 15.4. The molecule has 5 aromatic carbocycles. The first-order valence-corrected chi connectivity index (χ1v) is 16.3. The van der Waals surface area contributed by atoms with Gasteiger partial charge in [-0.3, -0.25) is 0 Å². The van der Waals surface area contributed by atoms with Gasteiger partial charge in [-0.15, -0.1) is 21.9 Å². The third-order valence-corrected chi connectivity index (χ3v) is 9.15. The first kappa shape index (κ1) is 46.0. The van der Waals surface area contributed by atoms with Crippen LogP contribution in [0.3, 0.4) is 0 Å². The topological polar surface area (TPSA) is 16.8 Å². The molecule has 0 aliphatic rings. The summed E-state index contributed by atoms with van der Waals surface area (Å²) in [5, 5.41) is 0.461. The van der Waals surface area contributed by atoms with Gasteiger partial charge in [0.1, 0.15) is 58.4 Å². The molecule has 61 heavy (non-hydrogen) atoms. The van der Waals surface area contributed by atoms with Gasteiger partial charge in [0.25, 0.3) is 0 Å². The number of hydrogen-bond donors (Lipinski definition) is 0. The molecule has 0 spiro atoms. The Balaban J connectivity index is 0.000000366. The molecule has 0 saturated carbocycles. The van der Waals surface area contributed by atoms with Gasteiger partial charge in [0.15, 0.2) is 88.7 Å². The first-order chi connectivity index (χ1) is 28.5. The molecule has 0 atom stereocenters. The number of nitrogens with zero attached hydrogens (tertiary/aromatic N) is 2. The summed E-state index contributed by atoms with van der Waals surface area (Å²) in [6.07, 6.45) is -1.68. The zero-order valence-corrected chi connectivity index (χ0v) is 29.7. The van der Waals surface area contributed by atoms with Crippen LogP contribution >= 0.6 is 11.6 Å². The molecular weight excluding hydrogens is 899 g/mol. The third-order valence-electron chi connectivity index (χ3n) is 8.95. The van der Waals surface area contributed by atoms with Crippen LogP contribution < -0.4 is 26.4 Å². The van der Waals surface area contributed by atoms with E-state index in [1.165, 1.54) is 5.56 Å². The zero-order valence-electron chi connectivity index (χ0n) is 28.9. The summed E-state index contributed by atoms with van der Waals surface area (Å²) in [6.45, 7) is 4.47. The normalized spacial score (nSPS) is 11.5. The highest BCUT2D eigenvalue weighted by Gasteiger charge is 2.52. The minimum Gasteiger partial charge on any atom is -0.243 e. The van der Waals surface area contributed by atoms with Crippen molar-refractivity contribution in [3.05, 3.63) is 183 Å². The summed E-state index contributed by atoms with van der Waals surface area (Å²) in [6, 6.07) is 10.2. The Kier molecular flexibility index (Phi) is 12.9. The highest BCUT2D eigenvalue weighted by molar-refractivity contribution is 7.20. The molecule has 0 aliphatic heterocycles. The third kappa shape index (κ3) is 7.41. The Morgan fingerprint density at radius 1 is 0.443 bits per heavy atom. The molecule has 0 N–H and O–H groups in total. The second-order valence-electron chi connectivity index (χ2n) is 12.3. The second-order valence-corrected chi connectivity index (χ2v) is 12.8. The fraction of sp³-hybridized carbons (Fsp3) is 0.0270. The average molecular weight is 911 g/mol. The highest BCUT2D eigenvalue weighted by atomic mass is 35.5. The van der Waals surface area contributed by atoms with Crippen molar-refractivity contribution in [1.82, 2.24) is 4.98 Å². The van der Waals surface area contributed by atoms with Crippen molar-refractivity contribution in [3.8, 4) is 0 Å². The molecule has 2 nitrogen and oxygen atoms in total. The van der Waals surface area contributed by atoms with E-state index < -0.39 is 144 Å². The summed E-state index contributed by atoms with van der Waals surface area (Å²) in [7, 11) is 0. The number of benzene rings is 5. The standard InChI is InChI=1S/C24BF20.C13H12ClN2/c26-5-1(6(27)14(35)21(42)13(5)34)25(2-7(28)15(36)22(43)16(37)8(2)29,3-9(30)17(38)23(44)18(39)10(3)31)4-11(32)19(40)24(45)20(41)12(4)33;1-11(14)13-10-16(8-7-15-13)9-12-5-3-2-4-6-12/h;2-8,10H,1,9H2/q-1;+1. The van der Waals surface area contributed by atoms with Gasteiger partial charge in [-0.05, 0) is 0 Å². The lowest BCUT2D eigenvalue weighted by molar-refractivity contribution is -0.689. The summed E-state index contributed by atoms with van der Waals surface area (Å²) in [4.78, 5) is 4.13. The molecule has 0 unspecified atom stereocenters. The van der Waals surface area contributed by atoms with E-state index in [1.54, 1.807) is 6.20 Å². The van der Waals surface area contributed by atoms with Crippen LogP contribution in [-0.4, -0.2) is 11.1 Å². The van der Waals surface area contributed by atoms with Gasteiger partial charge in [0.05, 0.1) is 11.2 Å². The second kappa shape index (κ2) is 17.1. The lowest BCUT2D eigenvalue weighted by atomic mass is 9.12. The quantitative estimate of drug-likeness (QED) is 0.0517. The zero-order chi connectivity index (χ0) is 45.7. The number of rotatable bonds is 7. The van der Waals surface area contributed by atoms with Crippen molar-refractivity contribution in [3.63, 3.8) is 0 Å². The van der Waals surface area contributed by atoms with E-state index in [2.05, 4.69) is 23.7 Å². The number of aromatic nitrogens is 2. The van der Waals surface area contributed by atoms with E-state index in [-0.39, 0.29) is 0 Å². The molecule has 24 heteroatoms. The Labute approximate surface area is 331 Å². The smallest absolute Gasteiger partial charge is 0.200 e. The van der Waals surface area contributed by atoms with Crippen LogP contribution in [-0.2, 0) is 6.54 Å². The molecule has 0 fully saturated rings. The summed E-state index contributed by atoms with van der Waals surface area (Å²) in [5.41, 5.74) is -12.4. The molecule has 0 saturated heterocycles. The van der Waals surface area contributed by atoms with Crippen molar-refractivity contribution in [1.29, 1.82) is 0 Å². The van der Waals surface area contributed by atoms with Crippen molar-refractivity contribution in [2.75, 3.05) is 0 Å². The van der Waals surface area contributed by atoms with Crippen LogP contribution in [0.15, 0.2) is 55.5 Å². The molecule has 0 bridgehead atoms. The fourth-order valence-corrected chi connectivity index (χ4v) is 6.44. The lowest BCUT2D eigenvalue weighted by Gasteiger charge is -2.44. The van der Waals surface area contributed by atoms with Crippen LogP contribution in [0, 0.1) is 116 Å². The van der Waals surface area contributed by atoms with Gasteiger partial charge < -0.3 is 0 Å². The van der Waals surface area contributed by atoms with Gasteiger partial charge in [-0.1, -0.05) is 48.5 Å². The van der Waals surface area contributed by atoms with Crippen molar-refractivity contribution < 1.29 is 92.4 Å². The Bertz CT molecular complexity index is 2390. The van der Waals surface area contributed by atoms with E-state index in [9.17, 15) is 52.7 Å². The highest BCUT2D eigenvalue weighted by Crippen LogP contribution is 2.30. The van der Waals surface area contributed by atoms with E-state index in [1.807, 2.05) is 35.2 Å². The minimum absolute atomic E-state index is 0.461. The Morgan fingerprint density at radius 2 is 0.705 bits per heavy atom. The monoisotopic (exact) mass is 910 g/mol. The molecule has 6 rings (SSSR count). The lowest BCUT2D eigenvalue weighted by Crippen LogP contribution is -2.81. The predicted octanol–water partition coefficient (Wildman–Crippen LogP) is 8.47. The maximum Gasteiger partial charge on any atom is 0.200 e. The molecule has 0 radical (unpaired) electrons. The Hall–Kier alpha value is -6.13. The van der Waals surface area contributed by atoms with Crippen LogP contribution in [0.2, 0.25) is 0 Å². The van der Waals surface area contributed by atoms with Crippen LogP contribution in [0.1, 0.15) is 11.3 Å². The van der Waals surface area contributed by atoms with Gasteiger partial charge in [-0.2, -0.15) is 4.57 Å².